The fraction of sp³-hybridized carbons (Fsp3) is 0.389. The Morgan fingerprint density at radius 1 is 1.00 bits per heavy atom. The van der Waals surface area contributed by atoms with Gasteiger partial charge in [0, 0.05) is 29.9 Å². The molecule has 1 N–H and O–H groups in total. The number of benzene rings is 1. The summed E-state index contributed by atoms with van der Waals surface area (Å²) in [7, 11) is 0. The molecule has 1 aliphatic heterocycles. The molecule has 3 rings (SSSR count). The summed E-state index contributed by atoms with van der Waals surface area (Å²) < 4.78 is 0. The maximum Gasteiger partial charge on any atom is 0.0331 e. The summed E-state index contributed by atoms with van der Waals surface area (Å²) in [6, 6.07) is 13.6. The number of halogens is 1. The van der Waals surface area contributed by atoms with Gasteiger partial charge in [-0.25, -0.2) is 0 Å². The van der Waals surface area contributed by atoms with Crippen LogP contribution < -0.4 is 5.32 Å². The quantitative estimate of drug-likeness (QED) is 0.889. The molecule has 0 amide bonds. The Labute approximate surface area is 133 Å². The van der Waals surface area contributed by atoms with Gasteiger partial charge in [0.2, 0.25) is 0 Å². The SMILES string of the molecule is Cc1ccc([C@@H]2C[C@H](c3ccncc3)C(C)(C)N2)cc1.Cl. The van der Waals surface area contributed by atoms with E-state index >= 15 is 0 Å². The van der Waals surface area contributed by atoms with Crippen molar-refractivity contribution in [1.29, 1.82) is 0 Å². The largest absolute Gasteiger partial charge is 0.304 e. The molecule has 0 spiro atoms. The number of aromatic nitrogens is 1. The Kier molecular flexibility index (Phi) is 4.70. The van der Waals surface area contributed by atoms with Crippen LogP contribution in [0.25, 0.3) is 0 Å². The normalized spacial score (nSPS) is 23.6. The Hall–Kier alpha value is -1.38. The topological polar surface area (TPSA) is 24.9 Å². The van der Waals surface area contributed by atoms with E-state index in [1.165, 1.54) is 16.7 Å². The number of nitrogens with one attached hydrogen (secondary N) is 1. The van der Waals surface area contributed by atoms with Crippen LogP contribution in [0.4, 0.5) is 0 Å². The van der Waals surface area contributed by atoms with Gasteiger partial charge in [0.15, 0.2) is 0 Å². The second-order valence-corrected chi connectivity index (χ2v) is 6.40. The average molecular weight is 303 g/mol. The molecule has 1 aromatic carbocycles. The summed E-state index contributed by atoms with van der Waals surface area (Å²) >= 11 is 0. The first kappa shape index (κ1) is 16.0. The second kappa shape index (κ2) is 6.17. The van der Waals surface area contributed by atoms with Gasteiger partial charge in [0.25, 0.3) is 0 Å². The second-order valence-electron chi connectivity index (χ2n) is 6.40. The van der Waals surface area contributed by atoms with Crippen molar-refractivity contribution in [3.05, 3.63) is 65.5 Å². The molecule has 0 radical (unpaired) electrons. The lowest BCUT2D eigenvalue weighted by atomic mass is 9.83. The maximum absolute atomic E-state index is 4.13. The molecule has 21 heavy (non-hydrogen) atoms. The maximum atomic E-state index is 4.13. The van der Waals surface area contributed by atoms with Crippen LogP contribution in [0, 0.1) is 6.92 Å². The van der Waals surface area contributed by atoms with E-state index in [0.29, 0.717) is 12.0 Å². The molecule has 112 valence electrons. The fourth-order valence-electron chi connectivity index (χ4n) is 3.31. The van der Waals surface area contributed by atoms with E-state index in [1.807, 2.05) is 12.4 Å². The van der Waals surface area contributed by atoms with Crippen LogP contribution in [0.1, 0.15) is 48.9 Å². The molecule has 0 saturated carbocycles. The lowest BCUT2D eigenvalue weighted by molar-refractivity contribution is 0.397. The zero-order valence-corrected chi connectivity index (χ0v) is 13.7. The van der Waals surface area contributed by atoms with E-state index in [-0.39, 0.29) is 17.9 Å². The van der Waals surface area contributed by atoms with E-state index in [9.17, 15) is 0 Å². The zero-order valence-electron chi connectivity index (χ0n) is 12.8. The lowest BCUT2D eigenvalue weighted by Crippen LogP contribution is -2.37. The van der Waals surface area contributed by atoms with Gasteiger partial charge in [-0.05, 0) is 50.5 Å². The number of nitrogens with zero attached hydrogens (tertiary/aromatic N) is 1. The van der Waals surface area contributed by atoms with Crippen molar-refractivity contribution in [2.45, 2.75) is 44.7 Å². The van der Waals surface area contributed by atoms with Gasteiger partial charge >= 0.3 is 0 Å². The minimum Gasteiger partial charge on any atom is -0.304 e. The molecule has 2 aromatic rings. The molecule has 0 aliphatic carbocycles. The highest BCUT2D eigenvalue weighted by molar-refractivity contribution is 5.85. The summed E-state index contributed by atoms with van der Waals surface area (Å²) in [6.07, 6.45) is 4.93. The van der Waals surface area contributed by atoms with Crippen molar-refractivity contribution in [3.8, 4) is 0 Å². The van der Waals surface area contributed by atoms with Crippen molar-refractivity contribution in [2.24, 2.45) is 0 Å². The summed E-state index contributed by atoms with van der Waals surface area (Å²) in [5.41, 5.74) is 4.20. The van der Waals surface area contributed by atoms with Gasteiger partial charge in [-0.3, -0.25) is 4.98 Å². The smallest absolute Gasteiger partial charge is 0.0331 e. The van der Waals surface area contributed by atoms with Crippen LogP contribution in [0.5, 0.6) is 0 Å². The van der Waals surface area contributed by atoms with E-state index in [1.54, 1.807) is 0 Å². The van der Waals surface area contributed by atoms with Crippen molar-refractivity contribution in [1.82, 2.24) is 10.3 Å². The fourth-order valence-corrected chi connectivity index (χ4v) is 3.31. The third-order valence-electron chi connectivity index (χ3n) is 4.48. The highest BCUT2D eigenvalue weighted by Gasteiger charge is 2.40. The van der Waals surface area contributed by atoms with Gasteiger partial charge in [-0.1, -0.05) is 29.8 Å². The minimum atomic E-state index is 0. The number of hydrogen-bond donors (Lipinski definition) is 1. The van der Waals surface area contributed by atoms with E-state index in [4.69, 9.17) is 0 Å². The van der Waals surface area contributed by atoms with E-state index in [2.05, 4.69) is 67.5 Å². The molecule has 2 nitrogen and oxygen atoms in total. The molecule has 2 atom stereocenters. The van der Waals surface area contributed by atoms with E-state index in [0.717, 1.165) is 6.42 Å². The Morgan fingerprint density at radius 3 is 2.24 bits per heavy atom. The van der Waals surface area contributed by atoms with Crippen LogP contribution >= 0.6 is 12.4 Å². The number of hydrogen-bond acceptors (Lipinski definition) is 2. The number of pyridine rings is 1. The van der Waals surface area contributed by atoms with Crippen molar-refractivity contribution >= 4 is 12.4 Å². The van der Waals surface area contributed by atoms with Crippen LogP contribution in [0.15, 0.2) is 48.8 Å². The number of aryl methyl sites for hydroxylation is 1. The molecular weight excluding hydrogens is 280 g/mol. The predicted molar refractivity (Wildman–Crippen MR) is 90.0 cm³/mol. The van der Waals surface area contributed by atoms with Gasteiger partial charge in [-0.2, -0.15) is 0 Å². The molecule has 3 heteroatoms. The monoisotopic (exact) mass is 302 g/mol. The number of rotatable bonds is 2. The Balaban J connectivity index is 0.00000161. The molecule has 1 fully saturated rings. The van der Waals surface area contributed by atoms with Gasteiger partial charge in [-0.15, -0.1) is 12.4 Å². The van der Waals surface area contributed by atoms with Crippen molar-refractivity contribution in [2.75, 3.05) is 0 Å². The molecule has 2 heterocycles. The third-order valence-corrected chi connectivity index (χ3v) is 4.48. The summed E-state index contributed by atoms with van der Waals surface area (Å²) in [4.78, 5) is 4.13. The van der Waals surface area contributed by atoms with Crippen molar-refractivity contribution in [3.63, 3.8) is 0 Å². The highest BCUT2D eigenvalue weighted by atomic mass is 35.5. The molecule has 0 bridgehead atoms. The molecule has 1 aliphatic rings. The molecule has 1 saturated heterocycles. The molecule has 1 aromatic heterocycles. The molecular formula is C18H23ClN2. The summed E-state index contributed by atoms with van der Waals surface area (Å²) in [5.74, 6) is 0.525. The zero-order chi connectivity index (χ0) is 14.2. The van der Waals surface area contributed by atoms with Crippen molar-refractivity contribution < 1.29 is 0 Å². The average Bonchev–Trinajstić information content (AvgIpc) is 2.76. The van der Waals surface area contributed by atoms with Crippen LogP contribution in [-0.2, 0) is 0 Å². The Morgan fingerprint density at radius 2 is 1.62 bits per heavy atom. The van der Waals surface area contributed by atoms with Crippen LogP contribution in [0.3, 0.4) is 0 Å². The highest BCUT2D eigenvalue weighted by Crippen LogP contribution is 2.43. The summed E-state index contributed by atoms with van der Waals surface area (Å²) in [6.45, 7) is 6.73. The standard InChI is InChI=1S/C18H22N2.ClH/c1-13-4-6-15(7-5-13)17-12-16(18(2,3)20-17)14-8-10-19-11-9-14;/h4-11,16-17,20H,12H2,1-3H3;1H/t16-,17+;/m1./s1. The predicted octanol–water partition coefficient (Wildman–Crippen LogP) is 4.41. The first-order chi connectivity index (χ1) is 9.56. The van der Waals surface area contributed by atoms with Gasteiger partial charge < -0.3 is 5.32 Å². The van der Waals surface area contributed by atoms with Crippen LogP contribution in [-0.4, -0.2) is 10.5 Å². The first-order valence-electron chi connectivity index (χ1n) is 7.30. The van der Waals surface area contributed by atoms with Gasteiger partial charge in [0.1, 0.15) is 0 Å². The van der Waals surface area contributed by atoms with E-state index < -0.39 is 0 Å². The Bertz CT molecular complexity index is 578. The van der Waals surface area contributed by atoms with Gasteiger partial charge in [0.05, 0.1) is 0 Å². The summed E-state index contributed by atoms with van der Waals surface area (Å²) in [5, 5.41) is 3.79. The minimum absolute atomic E-state index is 0. The first-order valence-corrected chi connectivity index (χ1v) is 7.30. The molecule has 0 unspecified atom stereocenters. The van der Waals surface area contributed by atoms with Crippen LogP contribution in [0.2, 0.25) is 0 Å². The third kappa shape index (κ3) is 3.28. The lowest BCUT2D eigenvalue weighted by Gasteiger charge is -2.27.